The normalized spacial score (nSPS) is 13.9. The summed E-state index contributed by atoms with van der Waals surface area (Å²) in [4.78, 5) is 123. The molecule has 2 aliphatic heterocycles. The zero-order valence-corrected chi connectivity index (χ0v) is 63.9. The van der Waals surface area contributed by atoms with Gasteiger partial charge in [-0.3, -0.25) is 0 Å². The maximum absolute atomic E-state index is 13.8. The minimum atomic E-state index is -1.19. The van der Waals surface area contributed by atoms with E-state index in [1.165, 1.54) is 48.5 Å². The van der Waals surface area contributed by atoms with Crippen LogP contribution >= 0.6 is 0 Å². The Balaban J connectivity index is 1.42. The van der Waals surface area contributed by atoms with Gasteiger partial charge in [-0.05, 0) is 209 Å². The van der Waals surface area contributed by atoms with Crippen LogP contribution in [0.15, 0.2) is 132 Å². The average molecular weight is 1490 g/mol. The Bertz CT molecular complexity index is 4720. The predicted octanol–water partition coefficient (Wildman–Crippen LogP) is 11.8. The average Bonchev–Trinajstić information content (AvgIpc) is 1.57. The van der Waals surface area contributed by atoms with E-state index in [1.54, 1.807) is 197 Å². The molecular weight excluding hydrogens is 1390 g/mol. The van der Waals surface area contributed by atoms with E-state index in [1.807, 2.05) is 0 Å². The van der Waals surface area contributed by atoms with Crippen molar-refractivity contribution in [3.05, 3.63) is 194 Å². The molecule has 0 amide bonds. The summed E-state index contributed by atoms with van der Waals surface area (Å²) in [5, 5.41) is 21.2. The number of aliphatic imine (C=N–C) groups is 1. The first-order chi connectivity index (χ1) is 50.3. The summed E-state index contributed by atoms with van der Waals surface area (Å²) in [6.07, 6.45) is 3.42. The van der Waals surface area contributed by atoms with Crippen molar-refractivity contribution in [1.29, 1.82) is 0 Å². The SMILES string of the molecule is CC(C)(C)OC(=O)COc1cc(OCC(=O)OC(C)(C)C)c(C2=c3ccc([nH]3)=C(c3ccc(C(=O)O)cc3)c3ccc([nH]3)C(c3c(OCC(=O)OC(C)(C)C)cc(OCC(=O)OC(C)(C)C)cc3OCC(=O)OC(C)(C)C)c3ccc([nH]3)C(c3ccc(C(=O)O)cc3)=C3C=CC2=N3)c(OCC(=O)OC(C)(C)C)c1. The van der Waals surface area contributed by atoms with E-state index in [0.717, 1.165) is 0 Å². The molecule has 4 aromatic carbocycles. The van der Waals surface area contributed by atoms with E-state index < -0.39 is 127 Å². The monoisotopic (exact) mass is 1480 g/mol. The van der Waals surface area contributed by atoms with Gasteiger partial charge in [0.25, 0.3) is 0 Å². The first kappa shape index (κ1) is 80.3. The van der Waals surface area contributed by atoms with Gasteiger partial charge in [-0.25, -0.2) is 43.3 Å². The third kappa shape index (κ3) is 22.1. The molecule has 0 spiro atoms. The minimum Gasteiger partial charge on any atom is -0.482 e. The van der Waals surface area contributed by atoms with Crippen molar-refractivity contribution in [3.63, 3.8) is 0 Å². The van der Waals surface area contributed by atoms with Gasteiger partial charge in [-0.2, -0.15) is 0 Å². The van der Waals surface area contributed by atoms with E-state index in [2.05, 4.69) is 15.0 Å². The molecule has 9 rings (SSSR count). The van der Waals surface area contributed by atoms with Gasteiger partial charge in [0.2, 0.25) is 0 Å². The maximum atomic E-state index is 13.8. The molecule has 8 bridgehead atoms. The summed E-state index contributed by atoms with van der Waals surface area (Å²) in [6, 6.07) is 28.6. The fourth-order valence-electron chi connectivity index (χ4n) is 11.5. The summed E-state index contributed by atoms with van der Waals surface area (Å²) < 4.78 is 72.6. The number of nitrogens with zero attached hydrogens (tertiary/aromatic N) is 1. The molecule has 5 N–H and O–H groups in total. The van der Waals surface area contributed by atoms with Crippen molar-refractivity contribution < 1.29 is 105 Å². The summed E-state index contributed by atoms with van der Waals surface area (Å²) in [5.74, 6) is -8.41. The molecule has 108 heavy (non-hydrogen) atoms. The number of carbonyl (C=O) groups is 8. The number of hydrogen-bond acceptors (Lipinski definition) is 21. The first-order valence-corrected chi connectivity index (χ1v) is 34.8. The van der Waals surface area contributed by atoms with Crippen LogP contribution in [0.4, 0.5) is 0 Å². The topological polar surface area (TPSA) is 348 Å². The molecule has 5 heterocycles. The molecule has 1 atom stereocenters. The molecule has 1 unspecified atom stereocenters. The second-order valence-electron chi connectivity index (χ2n) is 31.4. The number of benzene rings is 4. The number of carboxylic acid groups (broad SMARTS) is 2. The second kappa shape index (κ2) is 32.1. The van der Waals surface area contributed by atoms with Gasteiger partial charge in [-0.1, -0.05) is 24.3 Å². The number of H-pyrrole nitrogens is 3. The van der Waals surface area contributed by atoms with E-state index in [0.29, 0.717) is 55.7 Å². The highest BCUT2D eigenvalue weighted by Crippen LogP contribution is 2.47. The van der Waals surface area contributed by atoms with E-state index in [-0.39, 0.29) is 73.7 Å². The van der Waals surface area contributed by atoms with Crippen LogP contribution in [0.1, 0.15) is 196 Å². The van der Waals surface area contributed by atoms with Gasteiger partial charge in [0.05, 0.1) is 39.6 Å². The number of aromatic amines is 3. The number of allylic oxidation sites excluding steroid dienone is 2. The Hall–Kier alpha value is -11.8. The molecular formula is C82H92N4O22. The van der Waals surface area contributed by atoms with Crippen LogP contribution in [-0.2, 0) is 57.2 Å². The smallest absolute Gasteiger partial charge is 0.344 e. The lowest BCUT2D eigenvalue weighted by Crippen LogP contribution is -2.28. The lowest BCUT2D eigenvalue weighted by atomic mass is 9.90. The molecule has 0 fully saturated rings. The lowest BCUT2D eigenvalue weighted by molar-refractivity contribution is -0.158. The number of aromatic carboxylic acids is 2. The van der Waals surface area contributed by atoms with Crippen LogP contribution in [0.2, 0.25) is 0 Å². The summed E-state index contributed by atoms with van der Waals surface area (Å²) in [7, 11) is 0. The summed E-state index contributed by atoms with van der Waals surface area (Å²) in [6.45, 7) is 26.5. The van der Waals surface area contributed by atoms with Crippen molar-refractivity contribution in [2.24, 2.45) is 4.99 Å². The van der Waals surface area contributed by atoms with Crippen molar-refractivity contribution in [2.45, 2.75) is 164 Å². The van der Waals surface area contributed by atoms with Crippen LogP contribution < -0.4 is 39.1 Å². The minimum absolute atomic E-state index is 0.0147. The maximum Gasteiger partial charge on any atom is 0.344 e. The highest BCUT2D eigenvalue weighted by atomic mass is 16.6. The quantitative estimate of drug-likeness (QED) is 0.0277. The molecule has 2 aliphatic rings. The molecule has 26 heteroatoms. The first-order valence-electron chi connectivity index (χ1n) is 34.8. The third-order valence-electron chi connectivity index (χ3n) is 15.1. The number of fused-ring (bicyclic) bond motifs is 7. The Morgan fingerprint density at radius 1 is 0.361 bits per heavy atom. The Morgan fingerprint density at radius 3 is 1.03 bits per heavy atom. The molecule has 26 nitrogen and oxygen atoms in total. The van der Waals surface area contributed by atoms with Crippen molar-refractivity contribution in [1.82, 2.24) is 15.0 Å². The Morgan fingerprint density at radius 2 is 0.676 bits per heavy atom. The Labute approximate surface area is 625 Å². The van der Waals surface area contributed by atoms with Crippen molar-refractivity contribution in [3.8, 4) is 34.5 Å². The number of aromatic nitrogens is 3. The number of ether oxygens (including phenoxy) is 12. The number of nitrogens with one attached hydrogen (secondary N) is 3. The van der Waals surface area contributed by atoms with Gasteiger partial charge in [0, 0.05) is 74.5 Å². The van der Waals surface area contributed by atoms with Gasteiger partial charge >= 0.3 is 47.8 Å². The van der Waals surface area contributed by atoms with Crippen LogP contribution in [0.5, 0.6) is 34.5 Å². The van der Waals surface area contributed by atoms with Crippen LogP contribution in [0.3, 0.4) is 0 Å². The van der Waals surface area contributed by atoms with Crippen molar-refractivity contribution in [2.75, 3.05) is 39.6 Å². The summed E-state index contributed by atoms with van der Waals surface area (Å²) in [5.41, 5.74) is -1.37. The van der Waals surface area contributed by atoms with Crippen LogP contribution in [-0.4, -0.2) is 152 Å². The second-order valence-corrected chi connectivity index (χ2v) is 31.4. The molecule has 572 valence electrons. The van der Waals surface area contributed by atoms with Crippen LogP contribution in [0.25, 0.3) is 16.7 Å². The third-order valence-corrected chi connectivity index (χ3v) is 15.1. The molecule has 7 aromatic rings. The molecule has 0 saturated heterocycles. The number of carbonyl (C=O) groups excluding carboxylic acids is 6. The number of carboxylic acids is 2. The number of esters is 6. The van der Waals surface area contributed by atoms with Gasteiger partial charge in [0.15, 0.2) is 39.6 Å². The van der Waals surface area contributed by atoms with Crippen LogP contribution in [0, 0.1) is 0 Å². The van der Waals surface area contributed by atoms with Gasteiger partial charge in [0.1, 0.15) is 68.1 Å². The summed E-state index contributed by atoms with van der Waals surface area (Å²) >= 11 is 0. The predicted molar refractivity (Wildman–Crippen MR) is 397 cm³/mol. The van der Waals surface area contributed by atoms with E-state index >= 15 is 0 Å². The van der Waals surface area contributed by atoms with Gasteiger partial charge < -0.3 is 82.0 Å². The van der Waals surface area contributed by atoms with E-state index in [4.69, 9.17) is 61.8 Å². The highest BCUT2D eigenvalue weighted by molar-refractivity contribution is 6.31. The van der Waals surface area contributed by atoms with E-state index in [9.17, 15) is 48.6 Å². The molecule has 0 radical (unpaired) electrons. The molecule has 0 saturated carbocycles. The Kier molecular flexibility index (Phi) is 23.9. The highest BCUT2D eigenvalue weighted by Gasteiger charge is 2.35. The zero-order valence-electron chi connectivity index (χ0n) is 63.9. The number of rotatable bonds is 24. The van der Waals surface area contributed by atoms with Gasteiger partial charge in [-0.15, -0.1) is 0 Å². The van der Waals surface area contributed by atoms with Crippen molar-refractivity contribution >= 4 is 70.2 Å². The largest absolute Gasteiger partial charge is 0.482 e. The fraction of sp³-hybridized carbons (Fsp3) is 0.378. The lowest BCUT2D eigenvalue weighted by Gasteiger charge is -2.25. The molecule has 3 aromatic heterocycles. The fourth-order valence-corrected chi connectivity index (χ4v) is 11.5. The number of hydrogen-bond donors (Lipinski definition) is 5. The molecule has 0 aliphatic carbocycles. The standard InChI is InChI=1S/C82H92N4O22/c1-77(2,3)103-63(87)39-97-49-35-59(99-41-65(89)105-79(7,8)9)73(60(36-49)100-42-66(90)106-80(10,11)12)71-55-31-27-51(83-55)69(45-19-23-47(24-20-45)75(93)94)53-29-33-57(85-53)72(58-34-30-54(86-58)70(52-28-32-56(71)84-52)46-21-25-48(26-22-46)76(95)96)74-61(101-43-67(91)107-81(13,14)15)37-50(98-40-64(88)104-78(4,5)6)38-62(74)102-44-68(92)108-82(16,17)18/h19-38,71,83-85H,39-44H2,1-18H3,(H,93,94)(H,95,96). The zero-order chi connectivity index (χ0) is 79.2.